The molecular weight excluding hydrogens is 240 g/mol. The van der Waals surface area contributed by atoms with Crippen molar-refractivity contribution in [2.24, 2.45) is 0 Å². The SMILES string of the molecule is CCc1cccc(OCC(=O)NC2CCCNC2)c1. The lowest BCUT2D eigenvalue weighted by atomic mass is 10.1. The van der Waals surface area contributed by atoms with Gasteiger partial charge in [-0.2, -0.15) is 0 Å². The molecular formula is C15H22N2O2. The van der Waals surface area contributed by atoms with E-state index in [1.54, 1.807) is 0 Å². The molecule has 0 spiro atoms. The van der Waals surface area contributed by atoms with Gasteiger partial charge in [-0.3, -0.25) is 4.79 Å². The van der Waals surface area contributed by atoms with E-state index in [1.807, 2.05) is 18.2 Å². The standard InChI is InChI=1S/C15H22N2O2/c1-2-12-5-3-7-14(9-12)19-11-15(18)17-13-6-4-8-16-10-13/h3,5,7,9,13,16H,2,4,6,8,10-11H2,1H3,(H,17,18). The minimum atomic E-state index is -0.0457. The lowest BCUT2D eigenvalue weighted by Gasteiger charge is -2.23. The van der Waals surface area contributed by atoms with E-state index >= 15 is 0 Å². The van der Waals surface area contributed by atoms with Crippen molar-refractivity contribution in [3.63, 3.8) is 0 Å². The molecule has 4 nitrogen and oxygen atoms in total. The molecule has 0 bridgehead atoms. The molecule has 1 heterocycles. The number of piperidine rings is 1. The predicted molar refractivity (Wildman–Crippen MR) is 75.3 cm³/mol. The highest BCUT2D eigenvalue weighted by Gasteiger charge is 2.15. The monoisotopic (exact) mass is 262 g/mol. The number of hydrogen-bond donors (Lipinski definition) is 2. The summed E-state index contributed by atoms with van der Waals surface area (Å²) in [6, 6.07) is 8.12. The number of amides is 1. The number of ether oxygens (including phenoxy) is 1. The van der Waals surface area contributed by atoms with Crippen LogP contribution in [0.3, 0.4) is 0 Å². The average Bonchev–Trinajstić information content (AvgIpc) is 2.46. The minimum Gasteiger partial charge on any atom is -0.484 e. The average molecular weight is 262 g/mol. The number of rotatable bonds is 5. The van der Waals surface area contributed by atoms with Crippen LogP contribution in [0.2, 0.25) is 0 Å². The Morgan fingerprint density at radius 1 is 1.53 bits per heavy atom. The number of nitrogens with one attached hydrogen (secondary N) is 2. The van der Waals surface area contributed by atoms with Gasteiger partial charge < -0.3 is 15.4 Å². The first-order valence-corrected chi connectivity index (χ1v) is 6.99. The zero-order valence-corrected chi connectivity index (χ0v) is 11.4. The maximum Gasteiger partial charge on any atom is 0.258 e. The van der Waals surface area contributed by atoms with Crippen LogP contribution in [0, 0.1) is 0 Å². The fourth-order valence-corrected chi connectivity index (χ4v) is 2.25. The van der Waals surface area contributed by atoms with Crippen molar-refractivity contribution in [1.82, 2.24) is 10.6 Å². The van der Waals surface area contributed by atoms with Gasteiger partial charge in [-0.25, -0.2) is 0 Å². The van der Waals surface area contributed by atoms with Crippen LogP contribution in [0.15, 0.2) is 24.3 Å². The van der Waals surface area contributed by atoms with Gasteiger partial charge in [0.25, 0.3) is 5.91 Å². The van der Waals surface area contributed by atoms with E-state index in [0.29, 0.717) is 0 Å². The van der Waals surface area contributed by atoms with Gasteiger partial charge in [0.05, 0.1) is 0 Å². The Kier molecular flexibility index (Phi) is 5.21. The third-order valence-electron chi connectivity index (χ3n) is 3.34. The van der Waals surface area contributed by atoms with Gasteiger partial charge in [-0.05, 0) is 43.5 Å². The van der Waals surface area contributed by atoms with Crippen LogP contribution < -0.4 is 15.4 Å². The van der Waals surface area contributed by atoms with Gasteiger partial charge in [-0.1, -0.05) is 19.1 Å². The van der Waals surface area contributed by atoms with Crippen LogP contribution in [0.25, 0.3) is 0 Å². The molecule has 0 aromatic heterocycles. The molecule has 2 N–H and O–H groups in total. The van der Waals surface area contributed by atoms with E-state index < -0.39 is 0 Å². The third-order valence-corrected chi connectivity index (χ3v) is 3.34. The molecule has 0 saturated carbocycles. The number of carbonyl (C=O) groups is 1. The maximum absolute atomic E-state index is 11.8. The molecule has 1 amide bonds. The first-order valence-electron chi connectivity index (χ1n) is 6.99. The summed E-state index contributed by atoms with van der Waals surface area (Å²) in [4.78, 5) is 11.8. The summed E-state index contributed by atoms with van der Waals surface area (Å²) in [7, 11) is 0. The van der Waals surface area contributed by atoms with Gasteiger partial charge in [-0.15, -0.1) is 0 Å². The first kappa shape index (κ1) is 13.9. The molecule has 0 aliphatic carbocycles. The second-order valence-electron chi connectivity index (χ2n) is 4.90. The first-order chi connectivity index (χ1) is 9.28. The highest BCUT2D eigenvalue weighted by Crippen LogP contribution is 2.13. The Labute approximate surface area is 114 Å². The second-order valence-corrected chi connectivity index (χ2v) is 4.90. The van der Waals surface area contributed by atoms with E-state index in [4.69, 9.17) is 4.74 Å². The molecule has 1 fully saturated rings. The van der Waals surface area contributed by atoms with Gasteiger partial charge in [0.1, 0.15) is 5.75 Å². The van der Waals surface area contributed by atoms with E-state index in [1.165, 1.54) is 5.56 Å². The highest BCUT2D eigenvalue weighted by atomic mass is 16.5. The van der Waals surface area contributed by atoms with Crippen LogP contribution in [-0.4, -0.2) is 31.6 Å². The van der Waals surface area contributed by atoms with Crippen molar-refractivity contribution in [2.75, 3.05) is 19.7 Å². The van der Waals surface area contributed by atoms with Crippen molar-refractivity contribution in [2.45, 2.75) is 32.2 Å². The van der Waals surface area contributed by atoms with E-state index in [0.717, 1.165) is 38.1 Å². The summed E-state index contributed by atoms with van der Waals surface area (Å²) in [5.74, 6) is 0.715. The molecule has 19 heavy (non-hydrogen) atoms. The lowest BCUT2D eigenvalue weighted by molar-refractivity contribution is -0.123. The smallest absolute Gasteiger partial charge is 0.258 e. The van der Waals surface area contributed by atoms with Crippen molar-refractivity contribution in [1.29, 1.82) is 0 Å². The molecule has 1 aliphatic rings. The van der Waals surface area contributed by atoms with Crippen LogP contribution in [-0.2, 0) is 11.2 Å². The normalized spacial score (nSPS) is 18.9. The van der Waals surface area contributed by atoms with Gasteiger partial charge in [0.15, 0.2) is 6.61 Å². The van der Waals surface area contributed by atoms with Crippen molar-refractivity contribution in [3.8, 4) is 5.75 Å². The van der Waals surface area contributed by atoms with Crippen LogP contribution in [0.1, 0.15) is 25.3 Å². The lowest BCUT2D eigenvalue weighted by Crippen LogP contribution is -2.46. The Morgan fingerprint density at radius 3 is 3.16 bits per heavy atom. The number of aryl methyl sites for hydroxylation is 1. The molecule has 1 unspecified atom stereocenters. The quantitative estimate of drug-likeness (QED) is 0.845. The number of carbonyl (C=O) groups excluding carboxylic acids is 1. The molecule has 104 valence electrons. The Balaban J connectivity index is 1.76. The maximum atomic E-state index is 11.8. The third kappa shape index (κ3) is 4.56. The molecule has 1 atom stereocenters. The number of hydrogen-bond acceptors (Lipinski definition) is 3. The topological polar surface area (TPSA) is 50.4 Å². The summed E-state index contributed by atoms with van der Waals surface area (Å²) < 4.78 is 5.52. The highest BCUT2D eigenvalue weighted by molar-refractivity contribution is 5.77. The zero-order chi connectivity index (χ0) is 13.5. The summed E-state index contributed by atoms with van der Waals surface area (Å²) in [5.41, 5.74) is 1.22. The zero-order valence-electron chi connectivity index (χ0n) is 11.4. The predicted octanol–water partition coefficient (Wildman–Crippen LogP) is 1.50. The minimum absolute atomic E-state index is 0.0457. The van der Waals surface area contributed by atoms with E-state index in [2.05, 4.69) is 23.6 Å². The van der Waals surface area contributed by atoms with Crippen LogP contribution in [0.5, 0.6) is 5.75 Å². The molecule has 2 rings (SSSR count). The van der Waals surface area contributed by atoms with Crippen molar-refractivity contribution in [3.05, 3.63) is 29.8 Å². The second kappa shape index (κ2) is 7.14. The molecule has 0 radical (unpaired) electrons. The number of benzene rings is 1. The summed E-state index contributed by atoms with van der Waals surface area (Å²) >= 11 is 0. The molecule has 1 aromatic rings. The van der Waals surface area contributed by atoms with Crippen molar-refractivity contribution >= 4 is 5.91 Å². The van der Waals surface area contributed by atoms with E-state index in [-0.39, 0.29) is 18.6 Å². The fourth-order valence-electron chi connectivity index (χ4n) is 2.25. The molecule has 1 saturated heterocycles. The Hall–Kier alpha value is -1.55. The summed E-state index contributed by atoms with van der Waals surface area (Å²) in [6.07, 6.45) is 3.13. The fraction of sp³-hybridized carbons (Fsp3) is 0.533. The summed E-state index contributed by atoms with van der Waals surface area (Å²) in [5, 5.41) is 6.26. The van der Waals surface area contributed by atoms with Gasteiger partial charge in [0, 0.05) is 12.6 Å². The summed E-state index contributed by atoms with van der Waals surface area (Å²) in [6.45, 7) is 4.09. The van der Waals surface area contributed by atoms with Gasteiger partial charge in [0.2, 0.25) is 0 Å². The molecule has 1 aliphatic heterocycles. The van der Waals surface area contributed by atoms with Gasteiger partial charge >= 0.3 is 0 Å². The largest absolute Gasteiger partial charge is 0.484 e. The van der Waals surface area contributed by atoms with Crippen LogP contribution in [0.4, 0.5) is 0 Å². The Morgan fingerprint density at radius 2 is 2.42 bits per heavy atom. The van der Waals surface area contributed by atoms with Crippen LogP contribution >= 0.6 is 0 Å². The Bertz CT molecular complexity index is 414. The molecule has 4 heteroatoms. The molecule has 1 aromatic carbocycles. The van der Waals surface area contributed by atoms with Crippen molar-refractivity contribution < 1.29 is 9.53 Å². The van der Waals surface area contributed by atoms with E-state index in [9.17, 15) is 4.79 Å².